The van der Waals surface area contributed by atoms with Crippen LogP contribution in [-0.2, 0) is 24.0 Å². The number of anilines is 4. The molecule has 4 aliphatic rings. The van der Waals surface area contributed by atoms with E-state index in [1.165, 1.54) is 12.1 Å². The van der Waals surface area contributed by atoms with Gasteiger partial charge in [-0.05, 0) is 92.1 Å². The number of nitrogens with zero attached hydrogens (tertiary/aromatic N) is 3. The molecule has 5 heterocycles. The van der Waals surface area contributed by atoms with Crippen LogP contribution >= 0.6 is 11.3 Å². The zero-order valence-electron chi connectivity index (χ0n) is 30.1. The molecule has 1 atom stereocenters. The summed E-state index contributed by atoms with van der Waals surface area (Å²) >= 11 is 1.06. The number of fused-ring (bicyclic) bond motifs is 4. The normalized spacial score (nSPS) is 17.4. The Morgan fingerprint density at radius 3 is 2.34 bits per heavy atom. The minimum atomic E-state index is -1.24. The first-order valence-corrected chi connectivity index (χ1v) is 19.5. The van der Waals surface area contributed by atoms with E-state index in [-0.39, 0.29) is 22.7 Å². The molecule has 3 aliphatic heterocycles. The maximum absolute atomic E-state index is 14.8. The van der Waals surface area contributed by atoms with Crippen LogP contribution in [0.4, 0.5) is 40.4 Å². The number of aliphatic hydroxyl groups is 1. The number of hydrogen-bond acceptors (Lipinski definition) is 8. The van der Waals surface area contributed by atoms with Crippen LogP contribution in [0.25, 0.3) is 10.4 Å². The number of halogens is 4. The van der Waals surface area contributed by atoms with Gasteiger partial charge in [-0.1, -0.05) is 12.1 Å². The minimum absolute atomic E-state index is 0.149. The maximum atomic E-state index is 14.8. The van der Waals surface area contributed by atoms with E-state index < -0.39 is 41.1 Å². The van der Waals surface area contributed by atoms with E-state index in [0.29, 0.717) is 51.5 Å². The molecule has 14 heteroatoms. The summed E-state index contributed by atoms with van der Waals surface area (Å²) in [5, 5.41) is 16.9. The number of nitrogens with one attached hydrogen (secondary N) is 2. The fraction of sp³-hybridized carbons (Fsp3) is 0.310. The highest BCUT2D eigenvalue weighted by Crippen LogP contribution is 2.45. The van der Waals surface area contributed by atoms with E-state index in [1.54, 1.807) is 41.3 Å². The largest absolute Gasteiger partial charge is 0.381 e. The number of thiophene rings is 1. The summed E-state index contributed by atoms with van der Waals surface area (Å²) in [6.45, 7) is 3.46. The number of ether oxygens (including phenoxy) is 1. The molecule has 2 saturated heterocycles. The lowest BCUT2D eigenvalue weighted by atomic mass is 9.73. The Morgan fingerprint density at radius 1 is 0.839 bits per heavy atom. The molecular weight excluding hydrogens is 747 g/mol. The van der Waals surface area contributed by atoms with Gasteiger partial charge in [0.15, 0.2) is 17.9 Å². The Hall–Kier alpha value is -5.31. The second-order valence-electron chi connectivity index (χ2n) is 15.0. The summed E-state index contributed by atoms with van der Waals surface area (Å²) in [6.07, 6.45) is 3.98. The molecule has 0 bridgehead atoms. The second-order valence-corrected chi connectivity index (χ2v) is 16.1. The van der Waals surface area contributed by atoms with Crippen molar-refractivity contribution in [2.24, 2.45) is 5.41 Å². The molecule has 56 heavy (non-hydrogen) atoms. The van der Waals surface area contributed by atoms with Crippen molar-refractivity contribution in [3.63, 3.8) is 0 Å². The molecule has 3 N–H and O–H groups in total. The van der Waals surface area contributed by atoms with Crippen molar-refractivity contribution in [1.29, 1.82) is 0 Å². The van der Waals surface area contributed by atoms with Crippen LogP contribution in [-0.4, -0.2) is 54.8 Å². The van der Waals surface area contributed by atoms with Gasteiger partial charge in [-0.25, -0.2) is 22.5 Å². The van der Waals surface area contributed by atoms with Crippen molar-refractivity contribution in [3.05, 3.63) is 123 Å². The van der Waals surface area contributed by atoms with Gasteiger partial charge in [0.1, 0.15) is 23.1 Å². The first-order chi connectivity index (χ1) is 27.0. The molecule has 2 amide bonds. The van der Waals surface area contributed by atoms with Crippen LogP contribution in [0.5, 0.6) is 0 Å². The van der Waals surface area contributed by atoms with Crippen molar-refractivity contribution >= 4 is 46.0 Å². The zero-order chi connectivity index (χ0) is 38.7. The van der Waals surface area contributed by atoms with Crippen molar-refractivity contribution in [2.45, 2.75) is 44.8 Å². The van der Waals surface area contributed by atoms with Crippen LogP contribution < -0.4 is 20.4 Å². The zero-order valence-corrected chi connectivity index (χ0v) is 31.0. The van der Waals surface area contributed by atoms with Gasteiger partial charge >= 0.3 is 0 Å². The van der Waals surface area contributed by atoms with E-state index in [1.807, 2.05) is 6.07 Å². The summed E-state index contributed by atoms with van der Waals surface area (Å²) in [6, 6.07) is 15.6. The van der Waals surface area contributed by atoms with Gasteiger partial charge < -0.3 is 30.3 Å². The van der Waals surface area contributed by atoms with Crippen molar-refractivity contribution in [1.82, 2.24) is 4.98 Å². The number of aliphatic hydroxyl groups excluding tert-OH is 1. The molecule has 2 aromatic heterocycles. The third kappa shape index (κ3) is 6.69. The quantitative estimate of drug-likeness (QED) is 0.144. The first-order valence-electron chi connectivity index (χ1n) is 18.6. The van der Waals surface area contributed by atoms with Crippen molar-refractivity contribution in [2.75, 3.05) is 53.3 Å². The number of aryl methyl sites for hydroxylation is 2. The third-order valence-electron chi connectivity index (χ3n) is 11.4. The average Bonchev–Trinajstić information content (AvgIpc) is 3.79. The fourth-order valence-corrected chi connectivity index (χ4v) is 9.50. The van der Waals surface area contributed by atoms with Gasteiger partial charge in [-0.2, -0.15) is 0 Å². The Morgan fingerprint density at radius 2 is 1.59 bits per heavy atom. The lowest BCUT2D eigenvalue weighted by molar-refractivity contribution is -0.000520. The SMILES string of the molecule is O=C(Nc1c(F)cc(F)cc1F)c1cc2c(s1)-c1ccc(F)cc1N(C(O)c1ccc(NC(=O)c3cc4c(nc3N3CC5(CCOCC5)C3)CCC4)cc1)CC2. The highest BCUT2D eigenvalue weighted by molar-refractivity contribution is 7.17. The average molecular weight is 784 g/mol. The molecule has 0 saturated carbocycles. The fourth-order valence-electron chi connectivity index (χ4n) is 8.36. The van der Waals surface area contributed by atoms with Crippen LogP contribution in [0, 0.1) is 28.7 Å². The topological polar surface area (TPSA) is 107 Å². The Balaban J connectivity index is 0.926. The first kappa shape index (κ1) is 36.3. The maximum Gasteiger partial charge on any atom is 0.265 e. The molecule has 9 nitrogen and oxygen atoms in total. The monoisotopic (exact) mass is 783 g/mol. The number of carbonyl (C=O) groups excluding carboxylic acids is 2. The van der Waals surface area contributed by atoms with Gasteiger partial charge in [-0.3, -0.25) is 9.59 Å². The summed E-state index contributed by atoms with van der Waals surface area (Å²) < 4.78 is 62.3. The number of rotatable bonds is 7. The minimum Gasteiger partial charge on any atom is -0.381 e. The number of amides is 2. The predicted octanol–water partition coefficient (Wildman–Crippen LogP) is 8.03. The smallest absolute Gasteiger partial charge is 0.265 e. The molecule has 2 fully saturated rings. The van der Waals surface area contributed by atoms with Gasteiger partial charge in [-0.15, -0.1) is 11.3 Å². The van der Waals surface area contributed by atoms with Crippen molar-refractivity contribution < 1.29 is 37.0 Å². The lowest BCUT2D eigenvalue weighted by Gasteiger charge is -2.53. The Bertz CT molecular complexity index is 2350. The Labute approximate surface area is 323 Å². The Kier molecular flexibility index (Phi) is 9.29. The summed E-state index contributed by atoms with van der Waals surface area (Å²) in [7, 11) is 0. The molecular formula is C42H37F4N5O4S. The van der Waals surface area contributed by atoms with E-state index in [0.717, 1.165) is 92.4 Å². The lowest BCUT2D eigenvalue weighted by Crippen LogP contribution is -2.59. The van der Waals surface area contributed by atoms with Gasteiger partial charge in [0, 0.05) is 77.8 Å². The van der Waals surface area contributed by atoms with Crippen LogP contribution in [0.2, 0.25) is 0 Å². The number of pyridine rings is 1. The van der Waals surface area contributed by atoms with Gasteiger partial charge in [0.05, 0.1) is 16.1 Å². The molecule has 5 aromatic rings. The summed E-state index contributed by atoms with van der Waals surface area (Å²) in [5.74, 6) is -4.45. The second kappa shape index (κ2) is 14.3. The number of carbonyl (C=O) groups is 2. The highest BCUT2D eigenvalue weighted by atomic mass is 32.1. The van der Waals surface area contributed by atoms with Crippen LogP contribution in [0.15, 0.2) is 66.7 Å². The molecule has 9 rings (SSSR count). The molecule has 1 spiro atoms. The molecule has 288 valence electrons. The van der Waals surface area contributed by atoms with E-state index in [9.17, 15) is 32.3 Å². The predicted molar refractivity (Wildman–Crippen MR) is 205 cm³/mol. The molecule has 1 unspecified atom stereocenters. The van der Waals surface area contributed by atoms with Crippen molar-refractivity contribution in [3.8, 4) is 10.4 Å². The van der Waals surface area contributed by atoms with Gasteiger partial charge in [0.25, 0.3) is 11.8 Å². The third-order valence-corrected chi connectivity index (χ3v) is 12.6. The van der Waals surface area contributed by atoms with E-state index in [4.69, 9.17) is 9.72 Å². The summed E-state index contributed by atoms with van der Waals surface area (Å²) in [5.41, 5.74) is 4.90. The number of aromatic nitrogens is 1. The highest BCUT2D eigenvalue weighted by Gasteiger charge is 2.45. The number of hydrogen-bond donors (Lipinski definition) is 3. The standard InChI is InChI=1S/C42H37F4N5O4S/c43-26-6-9-29-34(20-26)51(13-10-25-17-35(56-37(25)29)40(53)49-36-31(45)18-27(44)19-32(36)46)41(54)23-4-7-28(8-5-23)47-39(52)30-16-24-2-1-3-33(24)48-38(30)50-21-42(22-50)11-14-55-15-12-42/h4-9,16-20,41,54H,1-3,10-15,21-22H2,(H,47,52)(H,49,53). The van der Waals surface area contributed by atoms with Crippen LogP contribution in [0.1, 0.15) is 67.9 Å². The van der Waals surface area contributed by atoms with Crippen LogP contribution in [0.3, 0.4) is 0 Å². The van der Waals surface area contributed by atoms with E-state index in [2.05, 4.69) is 15.5 Å². The van der Waals surface area contributed by atoms with Gasteiger partial charge in [0.2, 0.25) is 0 Å². The molecule has 1 aliphatic carbocycles. The number of benzene rings is 3. The molecule has 3 aromatic carbocycles. The molecule has 0 radical (unpaired) electrons. The van der Waals surface area contributed by atoms with E-state index >= 15 is 0 Å². The summed E-state index contributed by atoms with van der Waals surface area (Å²) in [4.78, 5) is 36.6.